The van der Waals surface area contributed by atoms with Crippen LogP contribution in [0.4, 0.5) is 0 Å². The molecule has 0 aliphatic rings. The number of hydrogen-bond acceptors (Lipinski definition) is 6. The van der Waals surface area contributed by atoms with Crippen LogP contribution in [0.25, 0.3) is 0 Å². The lowest BCUT2D eigenvalue weighted by molar-refractivity contribution is -0.870. The molecule has 0 saturated carbocycles. The molecule has 0 saturated heterocycles. The SMILES string of the molecule is CC/C=C\C/C=C\C/C=C\C/C=C\CCCCCCCCCCCCCCCCCCCCCCCCCCC(=O)NC(COP(=O)([O-])OCC[N+](C)(C)C)C(O)/C=C/CC/C=C/CCCCCCCCCCC. The summed E-state index contributed by atoms with van der Waals surface area (Å²) in [4.78, 5) is 25.5. The first-order chi connectivity index (χ1) is 36.0. The minimum Gasteiger partial charge on any atom is -0.756 e. The van der Waals surface area contributed by atoms with Gasteiger partial charge >= 0.3 is 0 Å². The average Bonchev–Trinajstić information content (AvgIpc) is 3.36. The number of unbranched alkanes of at least 4 members (excludes halogenated alkanes) is 34. The molecule has 1 amide bonds. The van der Waals surface area contributed by atoms with Crippen LogP contribution in [0, 0.1) is 0 Å². The summed E-state index contributed by atoms with van der Waals surface area (Å²) >= 11 is 0. The molecular weight excluding hydrogens is 936 g/mol. The maximum Gasteiger partial charge on any atom is 0.268 e. The number of nitrogens with zero attached hydrogens (tertiary/aromatic N) is 1. The Labute approximate surface area is 459 Å². The van der Waals surface area contributed by atoms with Crippen LogP contribution in [0.15, 0.2) is 72.9 Å². The van der Waals surface area contributed by atoms with E-state index in [-0.39, 0.29) is 12.5 Å². The number of aliphatic hydroxyl groups excluding tert-OH is 1. The van der Waals surface area contributed by atoms with Crippen molar-refractivity contribution in [3.63, 3.8) is 0 Å². The predicted molar refractivity (Wildman–Crippen MR) is 320 cm³/mol. The number of aliphatic hydroxyl groups is 1. The third kappa shape index (κ3) is 57.6. The number of nitrogens with one attached hydrogen (secondary N) is 1. The van der Waals surface area contributed by atoms with Crippen LogP contribution in [0.1, 0.15) is 284 Å². The van der Waals surface area contributed by atoms with E-state index in [4.69, 9.17) is 9.05 Å². The normalized spacial score (nSPS) is 14.3. The van der Waals surface area contributed by atoms with E-state index in [0.717, 1.165) is 64.2 Å². The zero-order valence-corrected chi connectivity index (χ0v) is 50.2. The highest BCUT2D eigenvalue weighted by molar-refractivity contribution is 7.45. The topological polar surface area (TPSA) is 108 Å². The van der Waals surface area contributed by atoms with E-state index in [0.29, 0.717) is 17.4 Å². The molecule has 0 rings (SSSR count). The van der Waals surface area contributed by atoms with Crippen molar-refractivity contribution in [2.45, 2.75) is 296 Å². The standard InChI is InChI=1S/C65H121N2O6P/c1-6-8-10-12-14-16-18-20-22-23-24-25-26-27-28-29-30-31-32-33-34-35-36-37-38-39-40-41-42-43-45-47-49-51-53-55-57-59-65(69)66-63(62-73-74(70,71)72-61-60-67(3,4)5)64(68)58-56-54-52-50-48-46-44-21-19-17-15-13-11-9-7-2/h8,10,14,16,20,22,24-25,48,50,56,58,63-64,68H,6-7,9,11-13,15,17-19,21,23,26-47,49,51-55,57,59-62H2,1-5H3,(H-,66,69,70,71)/b10-8-,16-14-,22-20-,25-24-,50-48+,58-56+. The number of likely N-dealkylation sites (N-methyl/N-ethyl adjacent to an activating group) is 1. The number of amides is 1. The van der Waals surface area contributed by atoms with Gasteiger partial charge in [-0.15, -0.1) is 0 Å². The van der Waals surface area contributed by atoms with Crippen molar-refractivity contribution >= 4 is 13.7 Å². The van der Waals surface area contributed by atoms with E-state index in [2.05, 4.69) is 79.9 Å². The Hall–Kier alpha value is -2.06. The molecule has 0 aliphatic carbocycles. The lowest BCUT2D eigenvalue weighted by atomic mass is 10.0. The van der Waals surface area contributed by atoms with Crippen LogP contribution in [-0.4, -0.2) is 68.5 Å². The van der Waals surface area contributed by atoms with Gasteiger partial charge in [0, 0.05) is 6.42 Å². The van der Waals surface area contributed by atoms with Crippen LogP contribution < -0.4 is 10.2 Å². The highest BCUT2D eigenvalue weighted by atomic mass is 31.2. The molecular formula is C65H121N2O6P. The minimum atomic E-state index is -4.60. The first-order valence-corrected chi connectivity index (χ1v) is 32.8. The van der Waals surface area contributed by atoms with E-state index in [1.54, 1.807) is 6.08 Å². The van der Waals surface area contributed by atoms with Crippen molar-refractivity contribution in [2.24, 2.45) is 0 Å². The van der Waals surface area contributed by atoms with Gasteiger partial charge in [0.25, 0.3) is 7.82 Å². The number of allylic oxidation sites excluding steroid dienone is 11. The third-order valence-electron chi connectivity index (χ3n) is 13.9. The summed E-state index contributed by atoms with van der Waals surface area (Å²) < 4.78 is 23.3. The maximum absolute atomic E-state index is 13.0. The fraction of sp³-hybridized carbons (Fsp3) is 0.800. The second kappa shape index (κ2) is 55.7. The van der Waals surface area contributed by atoms with Gasteiger partial charge in [-0.1, -0.05) is 279 Å². The van der Waals surface area contributed by atoms with Crippen molar-refractivity contribution in [3.8, 4) is 0 Å². The Morgan fingerprint density at radius 3 is 1.26 bits per heavy atom. The third-order valence-corrected chi connectivity index (χ3v) is 14.9. The number of carbonyl (C=O) groups excluding carboxylic acids is 1. The first kappa shape index (κ1) is 71.9. The van der Waals surface area contributed by atoms with Gasteiger partial charge < -0.3 is 28.8 Å². The monoisotopic (exact) mass is 1060 g/mol. The average molecular weight is 1060 g/mol. The van der Waals surface area contributed by atoms with Crippen LogP contribution in [0.2, 0.25) is 0 Å². The molecule has 0 radical (unpaired) electrons. The molecule has 0 aromatic rings. The van der Waals surface area contributed by atoms with Crippen molar-refractivity contribution in [2.75, 3.05) is 40.9 Å². The van der Waals surface area contributed by atoms with Crippen molar-refractivity contribution in [3.05, 3.63) is 72.9 Å². The van der Waals surface area contributed by atoms with Gasteiger partial charge in [-0.3, -0.25) is 9.36 Å². The largest absolute Gasteiger partial charge is 0.756 e. The van der Waals surface area contributed by atoms with Crippen molar-refractivity contribution in [1.82, 2.24) is 5.32 Å². The van der Waals surface area contributed by atoms with E-state index < -0.39 is 26.6 Å². The quantitative estimate of drug-likeness (QED) is 0.0272. The molecule has 0 aromatic heterocycles. The van der Waals surface area contributed by atoms with Crippen LogP contribution in [0.5, 0.6) is 0 Å². The first-order valence-electron chi connectivity index (χ1n) is 31.3. The summed E-state index contributed by atoms with van der Waals surface area (Å²) in [7, 11) is 1.25. The summed E-state index contributed by atoms with van der Waals surface area (Å²) in [5.74, 6) is -0.204. The van der Waals surface area contributed by atoms with Gasteiger partial charge in [0.05, 0.1) is 39.9 Å². The zero-order valence-electron chi connectivity index (χ0n) is 49.3. The second-order valence-corrected chi connectivity index (χ2v) is 23.8. The van der Waals surface area contributed by atoms with Crippen LogP contribution >= 0.6 is 7.82 Å². The highest BCUT2D eigenvalue weighted by Crippen LogP contribution is 2.38. The maximum atomic E-state index is 13.0. The number of phosphoric acid groups is 1. The van der Waals surface area contributed by atoms with E-state index in [1.807, 2.05) is 27.2 Å². The van der Waals surface area contributed by atoms with Gasteiger partial charge in [-0.25, -0.2) is 0 Å². The molecule has 432 valence electrons. The Kier molecular flexibility index (Phi) is 54.1. The molecule has 3 atom stereocenters. The summed E-state index contributed by atoms with van der Waals surface area (Å²) in [5, 5.41) is 13.9. The van der Waals surface area contributed by atoms with Crippen molar-refractivity contribution in [1.29, 1.82) is 0 Å². The van der Waals surface area contributed by atoms with Gasteiger partial charge in [0.1, 0.15) is 13.2 Å². The molecule has 0 bridgehead atoms. The summed E-state index contributed by atoms with van der Waals surface area (Å²) in [6, 6.07) is -0.903. The van der Waals surface area contributed by atoms with Crippen LogP contribution in [0.3, 0.4) is 0 Å². The number of rotatable bonds is 57. The molecule has 0 heterocycles. The number of carbonyl (C=O) groups is 1. The van der Waals surface area contributed by atoms with E-state index >= 15 is 0 Å². The number of quaternary nitrogens is 1. The molecule has 0 aliphatic heterocycles. The molecule has 8 nitrogen and oxygen atoms in total. The highest BCUT2D eigenvalue weighted by Gasteiger charge is 2.23. The molecule has 0 spiro atoms. The summed E-state index contributed by atoms with van der Waals surface area (Å²) in [6.45, 7) is 4.53. The van der Waals surface area contributed by atoms with E-state index in [9.17, 15) is 19.4 Å². The molecule has 74 heavy (non-hydrogen) atoms. The lowest BCUT2D eigenvalue weighted by Gasteiger charge is -2.29. The fourth-order valence-corrected chi connectivity index (χ4v) is 9.77. The second-order valence-electron chi connectivity index (χ2n) is 22.4. The summed E-state index contributed by atoms with van der Waals surface area (Å²) in [6.07, 6.45) is 77.3. The molecule has 2 N–H and O–H groups in total. The van der Waals surface area contributed by atoms with Crippen LogP contribution in [-0.2, 0) is 18.4 Å². The van der Waals surface area contributed by atoms with E-state index in [1.165, 1.54) is 199 Å². The van der Waals surface area contributed by atoms with Crippen molar-refractivity contribution < 1.29 is 32.9 Å². The van der Waals surface area contributed by atoms with Gasteiger partial charge in [-0.2, -0.15) is 0 Å². The number of hydrogen-bond donors (Lipinski definition) is 2. The fourth-order valence-electron chi connectivity index (χ4n) is 9.05. The minimum absolute atomic E-state index is 0.00635. The van der Waals surface area contributed by atoms with Gasteiger partial charge in [-0.05, 0) is 70.6 Å². The molecule has 0 fully saturated rings. The summed E-state index contributed by atoms with van der Waals surface area (Å²) in [5.41, 5.74) is 0. The Morgan fingerprint density at radius 2 is 0.838 bits per heavy atom. The Morgan fingerprint density at radius 1 is 0.486 bits per heavy atom. The zero-order chi connectivity index (χ0) is 54.2. The molecule has 0 aromatic carbocycles. The van der Waals surface area contributed by atoms with Gasteiger partial charge in [0.15, 0.2) is 0 Å². The Balaban J connectivity index is 3.97. The van der Waals surface area contributed by atoms with Gasteiger partial charge in [0.2, 0.25) is 5.91 Å². The molecule has 3 unspecified atom stereocenters. The smallest absolute Gasteiger partial charge is 0.268 e. The molecule has 9 heteroatoms. The predicted octanol–water partition coefficient (Wildman–Crippen LogP) is 18.8. The number of phosphoric ester groups is 1. The Bertz CT molecular complexity index is 1430. The lowest BCUT2D eigenvalue weighted by Crippen LogP contribution is -2.45.